The number of esters is 1. The molecule has 0 amide bonds. The molecule has 2 aliphatic rings. The summed E-state index contributed by atoms with van der Waals surface area (Å²) in [7, 11) is 0. The fraction of sp³-hybridized carbons (Fsp3) is 0.588. The number of fused-ring (bicyclic) bond motifs is 2. The Hall–Kier alpha value is -0.100. The van der Waals surface area contributed by atoms with Crippen LogP contribution in [0.15, 0.2) is 22.7 Å². The molecular formula is C17H20BrIO2. The van der Waals surface area contributed by atoms with Crippen LogP contribution in [0.2, 0.25) is 0 Å². The van der Waals surface area contributed by atoms with E-state index in [4.69, 9.17) is 4.74 Å². The zero-order valence-electron chi connectivity index (χ0n) is 12.6. The van der Waals surface area contributed by atoms with E-state index in [1.165, 1.54) is 6.42 Å². The van der Waals surface area contributed by atoms with Gasteiger partial charge < -0.3 is 4.74 Å². The van der Waals surface area contributed by atoms with Crippen molar-refractivity contribution < 1.29 is 9.53 Å². The van der Waals surface area contributed by atoms with Gasteiger partial charge in [0.05, 0.1) is 5.56 Å². The minimum atomic E-state index is -0.185. The van der Waals surface area contributed by atoms with E-state index in [2.05, 4.69) is 59.3 Å². The lowest BCUT2D eigenvalue weighted by Crippen LogP contribution is -2.38. The van der Waals surface area contributed by atoms with Crippen LogP contribution in [0.25, 0.3) is 0 Å². The highest BCUT2D eigenvalue weighted by atomic mass is 127. The van der Waals surface area contributed by atoms with E-state index >= 15 is 0 Å². The Morgan fingerprint density at radius 3 is 2.67 bits per heavy atom. The zero-order chi connectivity index (χ0) is 15.4. The highest BCUT2D eigenvalue weighted by Gasteiger charge is 2.62. The largest absolute Gasteiger partial charge is 0.458 e. The predicted octanol–water partition coefficient (Wildman–Crippen LogP) is 5.43. The summed E-state index contributed by atoms with van der Waals surface area (Å²) in [6.07, 6.45) is 3.50. The lowest BCUT2D eigenvalue weighted by atomic mass is 9.70. The molecule has 0 radical (unpaired) electrons. The van der Waals surface area contributed by atoms with Crippen molar-refractivity contribution in [1.82, 2.24) is 0 Å². The predicted molar refractivity (Wildman–Crippen MR) is 95.3 cm³/mol. The van der Waals surface area contributed by atoms with Crippen molar-refractivity contribution in [2.45, 2.75) is 46.1 Å². The monoisotopic (exact) mass is 462 g/mol. The quantitative estimate of drug-likeness (QED) is 0.433. The van der Waals surface area contributed by atoms with Crippen molar-refractivity contribution in [2.75, 3.05) is 0 Å². The number of carbonyl (C=O) groups is 1. The molecular weight excluding hydrogens is 443 g/mol. The maximum atomic E-state index is 12.6. The third kappa shape index (κ3) is 2.37. The van der Waals surface area contributed by atoms with E-state index in [9.17, 15) is 4.79 Å². The third-order valence-corrected chi connectivity index (χ3v) is 7.55. The van der Waals surface area contributed by atoms with Crippen LogP contribution < -0.4 is 0 Å². The Morgan fingerprint density at radius 2 is 2.10 bits per heavy atom. The number of halogens is 2. The molecule has 3 rings (SSSR count). The second kappa shape index (κ2) is 5.22. The van der Waals surface area contributed by atoms with Gasteiger partial charge >= 0.3 is 5.97 Å². The maximum absolute atomic E-state index is 12.6. The maximum Gasteiger partial charge on any atom is 0.339 e. The first-order valence-electron chi connectivity index (χ1n) is 7.42. The summed E-state index contributed by atoms with van der Waals surface area (Å²) in [5.41, 5.74) is 1.04. The Bertz CT molecular complexity index is 598. The van der Waals surface area contributed by atoms with Crippen LogP contribution in [-0.2, 0) is 4.74 Å². The van der Waals surface area contributed by atoms with Crippen LogP contribution in [0, 0.1) is 20.3 Å². The Balaban J connectivity index is 1.82. The molecule has 2 fully saturated rings. The van der Waals surface area contributed by atoms with Crippen molar-refractivity contribution in [1.29, 1.82) is 0 Å². The van der Waals surface area contributed by atoms with Crippen molar-refractivity contribution in [2.24, 2.45) is 16.7 Å². The molecule has 2 nitrogen and oxygen atoms in total. The molecule has 0 aliphatic heterocycles. The van der Waals surface area contributed by atoms with Gasteiger partial charge in [0.2, 0.25) is 0 Å². The molecule has 0 saturated heterocycles. The van der Waals surface area contributed by atoms with Crippen LogP contribution in [0.1, 0.15) is 50.4 Å². The molecule has 0 heterocycles. The third-order valence-electron chi connectivity index (χ3n) is 6.11. The molecule has 0 N–H and O–H groups in total. The van der Waals surface area contributed by atoms with Gasteiger partial charge in [0.15, 0.2) is 0 Å². The summed E-state index contributed by atoms with van der Waals surface area (Å²) < 4.78 is 7.79. The van der Waals surface area contributed by atoms with E-state index < -0.39 is 0 Å². The molecule has 21 heavy (non-hydrogen) atoms. The van der Waals surface area contributed by atoms with Crippen LogP contribution in [-0.4, -0.2) is 12.1 Å². The second-order valence-electron chi connectivity index (χ2n) is 7.13. The Labute approximate surface area is 148 Å². The van der Waals surface area contributed by atoms with Crippen molar-refractivity contribution in [3.8, 4) is 0 Å². The highest BCUT2D eigenvalue weighted by Crippen LogP contribution is 2.66. The second-order valence-corrected chi connectivity index (χ2v) is 9.21. The van der Waals surface area contributed by atoms with Crippen LogP contribution in [0.4, 0.5) is 0 Å². The number of benzene rings is 1. The lowest BCUT2D eigenvalue weighted by molar-refractivity contribution is -0.0243. The average molecular weight is 463 g/mol. The van der Waals surface area contributed by atoms with Gasteiger partial charge in [-0.15, -0.1) is 0 Å². The van der Waals surface area contributed by atoms with Gasteiger partial charge in [-0.3, -0.25) is 0 Å². The fourth-order valence-electron chi connectivity index (χ4n) is 4.16. The first kappa shape index (κ1) is 15.8. The van der Waals surface area contributed by atoms with E-state index in [0.29, 0.717) is 11.5 Å². The first-order chi connectivity index (χ1) is 9.75. The molecule has 4 heteroatoms. The SMILES string of the molecule is CC1(C)C2CCC1(C)C(OC(=O)c1cc(Br)ccc1I)C2. The summed E-state index contributed by atoms with van der Waals surface area (Å²) in [5.74, 6) is 0.497. The summed E-state index contributed by atoms with van der Waals surface area (Å²) in [5, 5.41) is 0. The molecule has 114 valence electrons. The first-order valence-corrected chi connectivity index (χ1v) is 9.29. The number of hydrogen-bond acceptors (Lipinski definition) is 2. The van der Waals surface area contributed by atoms with Gasteiger partial charge in [-0.2, -0.15) is 0 Å². The normalized spacial score (nSPS) is 33.2. The number of ether oxygens (including phenoxy) is 1. The number of carbonyl (C=O) groups excluding carboxylic acids is 1. The van der Waals surface area contributed by atoms with Crippen LogP contribution in [0.3, 0.4) is 0 Å². The van der Waals surface area contributed by atoms with Gasteiger partial charge in [-0.25, -0.2) is 4.79 Å². The number of hydrogen-bond donors (Lipinski definition) is 0. The molecule has 3 atom stereocenters. The Kier molecular flexibility index (Phi) is 3.92. The van der Waals surface area contributed by atoms with Crippen LogP contribution >= 0.6 is 38.5 Å². The van der Waals surface area contributed by atoms with Gasteiger partial charge in [0.1, 0.15) is 6.10 Å². The fourth-order valence-corrected chi connectivity index (χ4v) is 5.07. The van der Waals surface area contributed by atoms with E-state index in [0.717, 1.165) is 20.9 Å². The van der Waals surface area contributed by atoms with Crippen LogP contribution in [0.5, 0.6) is 0 Å². The average Bonchev–Trinajstić information content (AvgIpc) is 2.74. The van der Waals surface area contributed by atoms with Gasteiger partial charge in [-0.1, -0.05) is 36.7 Å². The molecule has 1 aromatic rings. The van der Waals surface area contributed by atoms with E-state index in [-0.39, 0.29) is 22.9 Å². The zero-order valence-corrected chi connectivity index (χ0v) is 16.3. The topological polar surface area (TPSA) is 26.3 Å². The van der Waals surface area contributed by atoms with Gasteiger partial charge in [0, 0.05) is 13.5 Å². The summed E-state index contributed by atoms with van der Waals surface area (Å²) >= 11 is 5.62. The molecule has 3 unspecified atom stereocenters. The van der Waals surface area contributed by atoms with Crippen molar-refractivity contribution in [3.63, 3.8) is 0 Å². The molecule has 2 saturated carbocycles. The summed E-state index contributed by atoms with van der Waals surface area (Å²) in [6, 6.07) is 5.74. The standard InChI is InChI=1S/C17H20BrIO2/c1-16(2)10-6-7-17(16,3)14(8-10)21-15(20)12-9-11(18)4-5-13(12)19/h4-5,9-10,14H,6-8H2,1-3H3. The van der Waals surface area contributed by atoms with Crippen molar-refractivity contribution in [3.05, 3.63) is 31.8 Å². The number of rotatable bonds is 2. The van der Waals surface area contributed by atoms with Gasteiger partial charge in [-0.05, 0) is 71.4 Å². The molecule has 0 spiro atoms. The van der Waals surface area contributed by atoms with E-state index in [1.807, 2.05) is 18.2 Å². The Morgan fingerprint density at radius 1 is 1.38 bits per heavy atom. The molecule has 2 aliphatic carbocycles. The van der Waals surface area contributed by atoms with Gasteiger partial charge in [0.25, 0.3) is 0 Å². The summed E-state index contributed by atoms with van der Waals surface area (Å²) in [4.78, 5) is 12.6. The minimum Gasteiger partial charge on any atom is -0.458 e. The summed E-state index contributed by atoms with van der Waals surface area (Å²) in [6.45, 7) is 6.96. The molecule has 2 bridgehead atoms. The smallest absolute Gasteiger partial charge is 0.339 e. The minimum absolute atomic E-state index is 0.0496. The van der Waals surface area contributed by atoms with Crippen molar-refractivity contribution >= 4 is 44.5 Å². The lowest BCUT2D eigenvalue weighted by Gasteiger charge is -2.38. The van der Waals surface area contributed by atoms with E-state index in [1.54, 1.807) is 0 Å². The molecule has 0 aromatic heterocycles. The highest BCUT2D eigenvalue weighted by molar-refractivity contribution is 14.1. The molecule has 1 aromatic carbocycles.